The van der Waals surface area contributed by atoms with Crippen molar-refractivity contribution in [1.29, 1.82) is 0 Å². The molecule has 3 rings (SSSR count). The number of hydrogen-bond donors (Lipinski definition) is 0. The molecule has 0 bridgehead atoms. The van der Waals surface area contributed by atoms with Crippen LogP contribution in [0.5, 0.6) is 0 Å². The van der Waals surface area contributed by atoms with Gasteiger partial charge in [-0.05, 0) is 0 Å². The standard InChI is InChI=1S/3C8H5.Na.Zn/c3*1-2-8-6-4-3-5-7-8;;/h3*3-7H;;/q3*-1;;. The van der Waals surface area contributed by atoms with Crippen LogP contribution in [0.1, 0.15) is 16.7 Å². The maximum Gasteiger partial charge on any atom is 0 e. The first-order valence-corrected chi connectivity index (χ1v) is 7.23. The average molecular weight is 392 g/mol. The molecule has 0 aliphatic carbocycles. The molecule has 2 heteroatoms. The minimum atomic E-state index is 0. The molecule has 0 spiro atoms. The van der Waals surface area contributed by atoms with Gasteiger partial charge in [0, 0.05) is 49.0 Å². The Hall–Kier alpha value is -2.04. The van der Waals surface area contributed by atoms with Crippen molar-refractivity contribution in [2.75, 3.05) is 0 Å². The summed E-state index contributed by atoms with van der Waals surface area (Å²) >= 11 is 0. The van der Waals surface area contributed by atoms with Crippen LogP contribution in [0, 0.1) is 37.0 Å². The average Bonchev–Trinajstić information content (AvgIpc) is 2.71. The third kappa shape index (κ3) is 12.3. The van der Waals surface area contributed by atoms with Crippen molar-refractivity contribution < 1.29 is 19.5 Å². The number of benzene rings is 3. The molecule has 0 unspecified atom stereocenters. The van der Waals surface area contributed by atoms with Crippen molar-refractivity contribution in [3.63, 3.8) is 0 Å². The van der Waals surface area contributed by atoms with Crippen LogP contribution in [0.4, 0.5) is 0 Å². The van der Waals surface area contributed by atoms with Crippen molar-refractivity contribution in [2.24, 2.45) is 0 Å². The minimum absolute atomic E-state index is 0. The second-order valence-corrected chi connectivity index (χ2v) is 4.47. The molecule has 0 saturated heterocycles. The molecule has 0 amide bonds. The second kappa shape index (κ2) is 17.8. The largest absolute Gasteiger partial charge is 0.366 e. The number of hydrogen-bond acceptors (Lipinski definition) is 0. The summed E-state index contributed by atoms with van der Waals surface area (Å²) in [6.07, 6.45) is 20.1. The van der Waals surface area contributed by atoms with Crippen LogP contribution in [0.2, 0.25) is 0 Å². The molecule has 26 heavy (non-hydrogen) atoms. The van der Waals surface area contributed by atoms with E-state index in [0.717, 1.165) is 16.7 Å². The minimum Gasteiger partial charge on any atom is -0.366 e. The first-order chi connectivity index (χ1) is 11.8. The normalized spacial score (nSPS) is 7.27. The van der Waals surface area contributed by atoms with Gasteiger partial charge in [-0.15, -0.1) is 53.1 Å². The van der Waals surface area contributed by atoms with Crippen LogP contribution in [-0.4, -0.2) is 29.6 Å². The van der Waals surface area contributed by atoms with E-state index in [2.05, 4.69) is 17.8 Å². The second-order valence-electron chi connectivity index (χ2n) is 4.47. The van der Waals surface area contributed by atoms with E-state index in [-0.39, 0.29) is 49.0 Å². The molecule has 3 aromatic rings. The Kier molecular flexibility index (Phi) is 17.9. The van der Waals surface area contributed by atoms with Gasteiger partial charge in [-0.3, -0.25) is 17.8 Å². The zero-order valence-electron chi connectivity index (χ0n) is 14.9. The topological polar surface area (TPSA) is 0 Å². The maximum absolute atomic E-state index is 6.69. The Labute approximate surface area is 192 Å². The van der Waals surface area contributed by atoms with Gasteiger partial charge < -0.3 is 19.3 Å². The van der Waals surface area contributed by atoms with Crippen LogP contribution in [-0.2, 0) is 19.5 Å². The Bertz CT molecular complexity index is 703. The van der Waals surface area contributed by atoms with Gasteiger partial charge in [0.05, 0.1) is 0 Å². The molecule has 0 nitrogen and oxygen atoms in total. The molecule has 1 radical (unpaired) electrons. The third-order valence-corrected chi connectivity index (χ3v) is 2.75. The summed E-state index contributed by atoms with van der Waals surface area (Å²) in [6.45, 7) is 0. The third-order valence-electron chi connectivity index (χ3n) is 2.75. The van der Waals surface area contributed by atoms with E-state index >= 15 is 0 Å². The van der Waals surface area contributed by atoms with Crippen LogP contribution in [0.15, 0.2) is 91.0 Å². The van der Waals surface area contributed by atoms with Crippen LogP contribution >= 0.6 is 0 Å². The Morgan fingerprint density at radius 1 is 0.423 bits per heavy atom. The van der Waals surface area contributed by atoms with Crippen molar-refractivity contribution >= 4 is 29.6 Å². The fourth-order valence-electron chi connectivity index (χ4n) is 1.56. The molecule has 0 N–H and O–H groups in total. The predicted octanol–water partition coefficient (Wildman–Crippen LogP) is 4.49. The van der Waals surface area contributed by atoms with E-state index in [4.69, 9.17) is 19.3 Å². The van der Waals surface area contributed by atoms with E-state index in [1.807, 2.05) is 91.0 Å². The van der Waals surface area contributed by atoms with Gasteiger partial charge in [-0.25, -0.2) is 0 Å². The van der Waals surface area contributed by atoms with E-state index in [0.29, 0.717) is 0 Å². The summed E-state index contributed by atoms with van der Waals surface area (Å²) in [7, 11) is 0. The monoisotopic (exact) mass is 390 g/mol. The Balaban J connectivity index is 0. The predicted molar refractivity (Wildman–Crippen MR) is 104 cm³/mol. The van der Waals surface area contributed by atoms with Crippen LogP contribution in [0.3, 0.4) is 0 Å². The SMILES string of the molecule is [C-]#Cc1ccccc1.[C-]#Cc1ccccc1.[C-]#Cc1ccccc1.[Na].[Zn]. The molecule has 0 aromatic heterocycles. The van der Waals surface area contributed by atoms with Gasteiger partial charge in [0.1, 0.15) is 0 Å². The van der Waals surface area contributed by atoms with E-state index in [1.54, 1.807) is 0 Å². The van der Waals surface area contributed by atoms with E-state index in [1.165, 1.54) is 0 Å². The fraction of sp³-hybridized carbons (Fsp3) is 0. The van der Waals surface area contributed by atoms with Crippen molar-refractivity contribution in [3.8, 4) is 17.8 Å². The fourth-order valence-corrected chi connectivity index (χ4v) is 1.56. The first-order valence-electron chi connectivity index (χ1n) is 7.23. The molecule has 0 fully saturated rings. The van der Waals surface area contributed by atoms with Gasteiger partial charge in [0.2, 0.25) is 0 Å². The molecule has 0 atom stereocenters. The Morgan fingerprint density at radius 2 is 0.615 bits per heavy atom. The van der Waals surface area contributed by atoms with Gasteiger partial charge in [0.25, 0.3) is 0 Å². The van der Waals surface area contributed by atoms with E-state index in [9.17, 15) is 0 Å². The molecule has 0 saturated carbocycles. The summed E-state index contributed by atoms with van der Waals surface area (Å²) in [5.74, 6) is 6.83. The smallest absolute Gasteiger partial charge is 0 e. The summed E-state index contributed by atoms with van der Waals surface area (Å²) in [5, 5.41) is 0. The van der Waals surface area contributed by atoms with Gasteiger partial charge in [-0.2, -0.15) is 0 Å². The van der Waals surface area contributed by atoms with Gasteiger partial charge >= 0.3 is 0 Å². The summed E-state index contributed by atoms with van der Waals surface area (Å²) < 4.78 is 0. The maximum atomic E-state index is 6.69. The Morgan fingerprint density at radius 3 is 0.731 bits per heavy atom. The first kappa shape index (κ1) is 26.2. The molecule has 0 aliphatic rings. The summed E-state index contributed by atoms with van der Waals surface area (Å²) in [5.41, 5.74) is 2.48. The molecule has 0 aliphatic heterocycles. The van der Waals surface area contributed by atoms with Crippen molar-refractivity contribution in [1.82, 2.24) is 0 Å². The molecule has 117 valence electrons. The number of rotatable bonds is 0. The van der Waals surface area contributed by atoms with Crippen molar-refractivity contribution in [3.05, 3.63) is 127 Å². The molecular formula is C24H15NaZn-3. The quantitative estimate of drug-likeness (QED) is 0.301. The van der Waals surface area contributed by atoms with Crippen LogP contribution in [0.25, 0.3) is 0 Å². The van der Waals surface area contributed by atoms with Gasteiger partial charge in [-0.1, -0.05) is 54.6 Å². The van der Waals surface area contributed by atoms with Crippen molar-refractivity contribution in [2.45, 2.75) is 0 Å². The van der Waals surface area contributed by atoms with E-state index < -0.39 is 0 Å². The molecule has 0 heterocycles. The summed E-state index contributed by atoms with van der Waals surface area (Å²) in [4.78, 5) is 0. The molecular weight excluding hydrogens is 377 g/mol. The molecule has 3 aromatic carbocycles. The summed E-state index contributed by atoms with van der Waals surface area (Å²) in [6, 6.07) is 28.1. The zero-order valence-corrected chi connectivity index (χ0v) is 19.8. The zero-order chi connectivity index (χ0) is 17.5. The van der Waals surface area contributed by atoms with Gasteiger partial charge in [0.15, 0.2) is 0 Å². The van der Waals surface area contributed by atoms with Crippen LogP contribution < -0.4 is 0 Å².